The fraction of sp³-hybridized carbons (Fsp3) is 0.647. The smallest absolute Gasteiger partial charge is 0.0236 e. The molecule has 2 atom stereocenters. The van der Waals surface area contributed by atoms with Crippen LogP contribution in [-0.2, 0) is 6.54 Å². The monoisotopic (exact) mass is 258 g/mol. The zero-order chi connectivity index (χ0) is 13.4. The van der Waals surface area contributed by atoms with Gasteiger partial charge in [-0.05, 0) is 57.7 Å². The number of hydrogen-bond acceptors (Lipinski definition) is 2. The van der Waals surface area contributed by atoms with E-state index in [1.165, 1.54) is 42.4 Å². The molecule has 2 aliphatic rings. The molecule has 2 saturated heterocycles. The van der Waals surface area contributed by atoms with Crippen LogP contribution in [0, 0.1) is 13.8 Å². The van der Waals surface area contributed by atoms with E-state index in [4.69, 9.17) is 0 Å². The Kier molecular flexibility index (Phi) is 3.64. The zero-order valence-electron chi connectivity index (χ0n) is 12.4. The van der Waals surface area contributed by atoms with Crippen molar-refractivity contribution in [1.82, 2.24) is 10.2 Å². The van der Waals surface area contributed by atoms with Gasteiger partial charge in [0, 0.05) is 24.7 Å². The predicted molar refractivity (Wildman–Crippen MR) is 80.4 cm³/mol. The second-order valence-electron chi connectivity index (χ2n) is 6.61. The molecule has 2 nitrogen and oxygen atoms in total. The number of piperidine rings is 1. The molecule has 0 spiro atoms. The fourth-order valence-electron chi connectivity index (χ4n) is 3.81. The summed E-state index contributed by atoms with van der Waals surface area (Å²) in [5, 5.41) is 3.73. The van der Waals surface area contributed by atoms with Gasteiger partial charge in [0.2, 0.25) is 0 Å². The highest BCUT2D eigenvalue weighted by Crippen LogP contribution is 2.30. The molecule has 1 aromatic carbocycles. The van der Waals surface area contributed by atoms with E-state index in [2.05, 4.69) is 49.3 Å². The van der Waals surface area contributed by atoms with Gasteiger partial charge < -0.3 is 5.32 Å². The van der Waals surface area contributed by atoms with Gasteiger partial charge in [-0.1, -0.05) is 23.8 Å². The SMILES string of the molecule is Cc1ccc(CN(C)C2CC3CCC(C2)N3)c(C)c1. The van der Waals surface area contributed by atoms with Gasteiger partial charge in [-0.15, -0.1) is 0 Å². The lowest BCUT2D eigenvalue weighted by atomic mass is 9.97. The average molecular weight is 258 g/mol. The molecule has 1 N–H and O–H groups in total. The quantitative estimate of drug-likeness (QED) is 0.896. The number of benzene rings is 1. The number of nitrogens with zero attached hydrogens (tertiary/aromatic N) is 1. The molecule has 0 aliphatic carbocycles. The van der Waals surface area contributed by atoms with E-state index >= 15 is 0 Å². The summed E-state index contributed by atoms with van der Waals surface area (Å²) in [7, 11) is 2.30. The number of nitrogens with one attached hydrogen (secondary N) is 1. The van der Waals surface area contributed by atoms with Crippen LogP contribution in [0.3, 0.4) is 0 Å². The van der Waals surface area contributed by atoms with E-state index in [9.17, 15) is 0 Å². The topological polar surface area (TPSA) is 15.3 Å². The highest BCUT2D eigenvalue weighted by Gasteiger charge is 2.34. The first-order valence-electron chi connectivity index (χ1n) is 7.64. The lowest BCUT2D eigenvalue weighted by molar-refractivity contribution is 0.165. The highest BCUT2D eigenvalue weighted by atomic mass is 15.2. The molecule has 0 saturated carbocycles. The van der Waals surface area contributed by atoms with E-state index < -0.39 is 0 Å². The molecule has 0 aromatic heterocycles. The molecule has 0 radical (unpaired) electrons. The lowest BCUT2D eigenvalue weighted by Gasteiger charge is -2.35. The van der Waals surface area contributed by atoms with Gasteiger partial charge in [0.15, 0.2) is 0 Å². The van der Waals surface area contributed by atoms with Crippen molar-refractivity contribution in [2.75, 3.05) is 7.05 Å². The van der Waals surface area contributed by atoms with Crippen LogP contribution in [0.5, 0.6) is 0 Å². The van der Waals surface area contributed by atoms with Gasteiger partial charge in [0.1, 0.15) is 0 Å². The molecule has 2 fully saturated rings. The second kappa shape index (κ2) is 5.26. The van der Waals surface area contributed by atoms with E-state index in [1.807, 2.05) is 0 Å². The largest absolute Gasteiger partial charge is 0.311 e. The van der Waals surface area contributed by atoms with Crippen molar-refractivity contribution in [2.45, 2.75) is 64.2 Å². The number of rotatable bonds is 3. The Hall–Kier alpha value is -0.860. The summed E-state index contributed by atoms with van der Waals surface area (Å²) in [5.74, 6) is 0. The van der Waals surface area contributed by atoms with Crippen LogP contribution in [0.2, 0.25) is 0 Å². The Morgan fingerprint density at radius 3 is 2.47 bits per heavy atom. The minimum atomic E-state index is 0.763. The molecule has 0 amide bonds. The maximum atomic E-state index is 3.73. The van der Waals surface area contributed by atoms with Crippen molar-refractivity contribution in [3.63, 3.8) is 0 Å². The molecule has 3 rings (SSSR count). The molecular formula is C17H26N2. The Morgan fingerprint density at radius 1 is 1.16 bits per heavy atom. The molecule has 104 valence electrons. The number of aryl methyl sites for hydroxylation is 2. The van der Waals surface area contributed by atoms with Crippen LogP contribution in [0.15, 0.2) is 18.2 Å². The molecule has 19 heavy (non-hydrogen) atoms. The number of hydrogen-bond donors (Lipinski definition) is 1. The van der Waals surface area contributed by atoms with Gasteiger partial charge in [-0.25, -0.2) is 0 Å². The lowest BCUT2D eigenvalue weighted by Crippen LogP contribution is -2.46. The summed E-state index contributed by atoms with van der Waals surface area (Å²) in [6, 6.07) is 9.17. The van der Waals surface area contributed by atoms with Gasteiger partial charge >= 0.3 is 0 Å². The minimum absolute atomic E-state index is 0.763. The molecule has 2 bridgehead atoms. The molecule has 2 unspecified atom stereocenters. The summed E-state index contributed by atoms with van der Waals surface area (Å²) < 4.78 is 0. The van der Waals surface area contributed by atoms with E-state index in [1.54, 1.807) is 0 Å². The van der Waals surface area contributed by atoms with Crippen LogP contribution in [0.25, 0.3) is 0 Å². The van der Waals surface area contributed by atoms with Gasteiger partial charge in [0.25, 0.3) is 0 Å². The number of fused-ring (bicyclic) bond motifs is 2. The molecular weight excluding hydrogens is 232 g/mol. The van der Waals surface area contributed by atoms with Crippen molar-refractivity contribution in [1.29, 1.82) is 0 Å². The van der Waals surface area contributed by atoms with Crippen LogP contribution in [0.1, 0.15) is 42.4 Å². The van der Waals surface area contributed by atoms with Crippen molar-refractivity contribution in [3.8, 4) is 0 Å². The maximum absolute atomic E-state index is 3.73. The van der Waals surface area contributed by atoms with Crippen LogP contribution >= 0.6 is 0 Å². The summed E-state index contributed by atoms with van der Waals surface area (Å²) >= 11 is 0. The Labute approximate surface area is 117 Å². The highest BCUT2D eigenvalue weighted by molar-refractivity contribution is 5.30. The van der Waals surface area contributed by atoms with Crippen molar-refractivity contribution in [3.05, 3.63) is 34.9 Å². The third-order valence-electron chi connectivity index (χ3n) is 4.99. The van der Waals surface area contributed by atoms with Crippen molar-refractivity contribution in [2.24, 2.45) is 0 Å². The van der Waals surface area contributed by atoms with E-state index in [0.29, 0.717) is 0 Å². The normalized spacial score (nSPS) is 30.0. The summed E-state index contributed by atoms with van der Waals surface area (Å²) in [6.45, 7) is 5.50. The van der Waals surface area contributed by atoms with Crippen molar-refractivity contribution >= 4 is 0 Å². The Morgan fingerprint density at radius 2 is 1.84 bits per heavy atom. The zero-order valence-corrected chi connectivity index (χ0v) is 12.4. The summed E-state index contributed by atoms with van der Waals surface area (Å²) in [5.41, 5.74) is 4.28. The Balaban J connectivity index is 1.66. The third kappa shape index (κ3) is 2.85. The summed E-state index contributed by atoms with van der Waals surface area (Å²) in [4.78, 5) is 2.57. The van der Waals surface area contributed by atoms with Crippen LogP contribution in [0.4, 0.5) is 0 Å². The molecule has 2 aliphatic heterocycles. The standard InChI is InChI=1S/C17H26N2/c1-12-4-5-14(13(2)8-12)11-19(3)17-9-15-6-7-16(10-17)18-15/h4-5,8,15-18H,6-7,9-11H2,1-3H3. The molecule has 2 heterocycles. The predicted octanol–water partition coefficient (Wildman–Crippen LogP) is 3.02. The first kappa shape index (κ1) is 13.1. The Bertz CT molecular complexity index is 443. The van der Waals surface area contributed by atoms with Crippen LogP contribution < -0.4 is 5.32 Å². The van der Waals surface area contributed by atoms with Crippen LogP contribution in [-0.4, -0.2) is 30.1 Å². The van der Waals surface area contributed by atoms with Gasteiger partial charge in [0.05, 0.1) is 0 Å². The van der Waals surface area contributed by atoms with E-state index in [-0.39, 0.29) is 0 Å². The maximum Gasteiger partial charge on any atom is 0.0236 e. The average Bonchev–Trinajstić information content (AvgIpc) is 2.71. The molecule has 1 aromatic rings. The van der Waals surface area contributed by atoms with Gasteiger partial charge in [-0.2, -0.15) is 0 Å². The fourth-order valence-corrected chi connectivity index (χ4v) is 3.81. The first-order valence-corrected chi connectivity index (χ1v) is 7.64. The second-order valence-corrected chi connectivity index (χ2v) is 6.61. The van der Waals surface area contributed by atoms with E-state index in [0.717, 1.165) is 24.7 Å². The molecule has 2 heteroatoms. The minimum Gasteiger partial charge on any atom is -0.311 e. The third-order valence-corrected chi connectivity index (χ3v) is 4.99. The van der Waals surface area contributed by atoms with Gasteiger partial charge in [-0.3, -0.25) is 4.90 Å². The van der Waals surface area contributed by atoms with Crippen molar-refractivity contribution < 1.29 is 0 Å². The first-order chi connectivity index (χ1) is 9.11. The summed E-state index contributed by atoms with van der Waals surface area (Å²) in [6.07, 6.45) is 5.44.